The third-order valence-corrected chi connectivity index (χ3v) is 4.42. The maximum atomic E-state index is 10.8. The molecule has 0 spiro atoms. The number of furan rings is 1. The molecule has 124 valence electrons. The first kappa shape index (κ1) is 15.6. The van der Waals surface area contributed by atoms with Crippen LogP contribution in [-0.2, 0) is 0 Å². The van der Waals surface area contributed by atoms with Gasteiger partial charge in [-0.2, -0.15) is 4.98 Å². The SMILES string of the molecule is Cc1ccc(C)c2oc(-c3noc(-c4ccc(C=O)cc4Cl)n3)cc12. The molecule has 0 N–H and O–H groups in total. The molecule has 0 aliphatic carbocycles. The van der Waals surface area contributed by atoms with Crippen molar-refractivity contribution < 1.29 is 13.7 Å². The van der Waals surface area contributed by atoms with Gasteiger partial charge in [0.05, 0.1) is 10.6 Å². The van der Waals surface area contributed by atoms with Crippen LogP contribution in [0.15, 0.2) is 45.3 Å². The molecule has 0 amide bonds. The highest BCUT2D eigenvalue weighted by atomic mass is 35.5. The standard InChI is InChI=1S/C19H13ClN2O3/c1-10-3-4-11(2)17-14(10)8-16(24-17)18-21-19(25-22-18)13-6-5-12(9-23)7-15(13)20/h3-9H,1-2H3. The molecule has 0 unspecified atom stereocenters. The largest absolute Gasteiger partial charge is 0.452 e. The number of fused-ring (bicyclic) bond motifs is 1. The van der Waals surface area contributed by atoms with Crippen LogP contribution >= 0.6 is 11.6 Å². The van der Waals surface area contributed by atoms with Crippen LogP contribution in [0.25, 0.3) is 34.0 Å². The van der Waals surface area contributed by atoms with E-state index in [1.165, 1.54) is 0 Å². The van der Waals surface area contributed by atoms with Crippen molar-refractivity contribution in [3.8, 4) is 23.0 Å². The Hall–Kier alpha value is -2.92. The summed E-state index contributed by atoms with van der Waals surface area (Å²) in [5.41, 5.74) is 4.02. The van der Waals surface area contributed by atoms with Gasteiger partial charge in [-0.15, -0.1) is 0 Å². The van der Waals surface area contributed by atoms with E-state index in [9.17, 15) is 4.79 Å². The number of benzene rings is 2. The van der Waals surface area contributed by atoms with E-state index in [-0.39, 0.29) is 5.89 Å². The Balaban J connectivity index is 1.78. The predicted molar refractivity (Wildman–Crippen MR) is 94.8 cm³/mol. The van der Waals surface area contributed by atoms with E-state index in [1.54, 1.807) is 18.2 Å². The Labute approximate surface area is 148 Å². The first-order chi connectivity index (χ1) is 12.1. The fourth-order valence-corrected chi connectivity index (χ4v) is 2.98. The van der Waals surface area contributed by atoms with Crippen LogP contribution in [0, 0.1) is 13.8 Å². The van der Waals surface area contributed by atoms with E-state index in [4.69, 9.17) is 20.5 Å². The van der Waals surface area contributed by atoms with Crippen molar-refractivity contribution in [2.45, 2.75) is 13.8 Å². The van der Waals surface area contributed by atoms with Crippen LogP contribution in [0.1, 0.15) is 21.5 Å². The van der Waals surface area contributed by atoms with E-state index in [0.717, 1.165) is 28.4 Å². The molecule has 0 radical (unpaired) electrons. The molecule has 2 aromatic heterocycles. The van der Waals surface area contributed by atoms with Crippen LogP contribution in [0.3, 0.4) is 0 Å². The minimum atomic E-state index is 0.270. The molecule has 0 aliphatic heterocycles. The molecule has 6 heteroatoms. The molecule has 0 saturated heterocycles. The molecule has 4 aromatic rings. The quantitative estimate of drug-likeness (QED) is 0.472. The van der Waals surface area contributed by atoms with Crippen molar-refractivity contribution in [2.24, 2.45) is 0 Å². The molecule has 0 aliphatic rings. The lowest BCUT2D eigenvalue weighted by atomic mass is 10.1. The lowest BCUT2D eigenvalue weighted by Gasteiger charge is -1.98. The van der Waals surface area contributed by atoms with Gasteiger partial charge in [0.15, 0.2) is 5.76 Å². The summed E-state index contributed by atoms with van der Waals surface area (Å²) in [4.78, 5) is 15.2. The van der Waals surface area contributed by atoms with Crippen molar-refractivity contribution in [1.29, 1.82) is 0 Å². The third kappa shape index (κ3) is 2.62. The molecule has 2 aromatic carbocycles. The minimum Gasteiger partial charge on any atom is -0.452 e. The Morgan fingerprint density at radius 1 is 1.08 bits per heavy atom. The Morgan fingerprint density at radius 3 is 2.60 bits per heavy atom. The maximum absolute atomic E-state index is 10.8. The molecule has 0 fully saturated rings. The zero-order valence-corrected chi connectivity index (χ0v) is 14.3. The molecule has 0 atom stereocenters. The number of rotatable bonds is 3. The lowest BCUT2D eigenvalue weighted by molar-refractivity contribution is 0.112. The van der Waals surface area contributed by atoms with Gasteiger partial charge in [-0.05, 0) is 43.2 Å². The fraction of sp³-hybridized carbons (Fsp3) is 0.105. The highest BCUT2D eigenvalue weighted by Gasteiger charge is 2.18. The van der Waals surface area contributed by atoms with Gasteiger partial charge < -0.3 is 8.94 Å². The van der Waals surface area contributed by atoms with Crippen molar-refractivity contribution in [3.05, 3.63) is 58.1 Å². The third-order valence-electron chi connectivity index (χ3n) is 4.10. The zero-order chi connectivity index (χ0) is 17.6. The zero-order valence-electron chi connectivity index (χ0n) is 13.5. The number of halogens is 1. The van der Waals surface area contributed by atoms with E-state index < -0.39 is 0 Å². The number of aromatic nitrogens is 2. The van der Waals surface area contributed by atoms with Gasteiger partial charge in [-0.25, -0.2) is 0 Å². The molecule has 5 nitrogen and oxygen atoms in total. The van der Waals surface area contributed by atoms with Crippen LogP contribution in [-0.4, -0.2) is 16.4 Å². The second kappa shape index (κ2) is 5.86. The second-order valence-electron chi connectivity index (χ2n) is 5.83. The predicted octanol–water partition coefficient (Wildman–Crippen LogP) is 5.23. The minimum absolute atomic E-state index is 0.270. The van der Waals surface area contributed by atoms with Crippen molar-refractivity contribution in [1.82, 2.24) is 10.1 Å². The van der Waals surface area contributed by atoms with Gasteiger partial charge in [-0.3, -0.25) is 4.79 Å². The van der Waals surface area contributed by atoms with Gasteiger partial charge in [0, 0.05) is 10.9 Å². The number of carbonyl (C=O) groups is 1. The van der Waals surface area contributed by atoms with Crippen LogP contribution in [0.4, 0.5) is 0 Å². The summed E-state index contributed by atoms with van der Waals surface area (Å²) in [7, 11) is 0. The van der Waals surface area contributed by atoms with Gasteiger partial charge in [0.1, 0.15) is 11.9 Å². The second-order valence-corrected chi connectivity index (χ2v) is 6.24. The highest BCUT2D eigenvalue weighted by Crippen LogP contribution is 2.33. The average Bonchev–Trinajstić information content (AvgIpc) is 3.25. The molecule has 0 bridgehead atoms. The Bertz CT molecular complexity index is 1070. The summed E-state index contributed by atoms with van der Waals surface area (Å²) in [5.74, 6) is 1.15. The Morgan fingerprint density at radius 2 is 1.88 bits per heavy atom. The van der Waals surface area contributed by atoms with Gasteiger partial charge >= 0.3 is 0 Å². The fourth-order valence-electron chi connectivity index (χ4n) is 2.71. The number of hydrogen-bond donors (Lipinski definition) is 0. The maximum Gasteiger partial charge on any atom is 0.259 e. The first-order valence-electron chi connectivity index (χ1n) is 7.66. The summed E-state index contributed by atoms with van der Waals surface area (Å²) in [6, 6.07) is 10.8. The molecule has 2 heterocycles. The topological polar surface area (TPSA) is 69.1 Å². The Kier molecular flexibility index (Phi) is 3.66. The number of aryl methyl sites for hydroxylation is 2. The number of aldehydes is 1. The van der Waals surface area contributed by atoms with E-state index >= 15 is 0 Å². The summed E-state index contributed by atoms with van der Waals surface area (Å²) in [5, 5.41) is 5.39. The number of hydrogen-bond acceptors (Lipinski definition) is 5. The molecule has 4 rings (SSSR count). The van der Waals surface area contributed by atoms with Crippen molar-refractivity contribution in [2.75, 3.05) is 0 Å². The smallest absolute Gasteiger partial charge is 0.259 e. The van der Waals surface area contributed by atoms with E-state index in [0.29, 0.717) is 27.7 Å². The summed E-state index contributed by atoms with van der Waals surface area (Å²) >= 11 is 6.19. The molecule has 0 saturated carbocycles. The van der Waals surface area contributed by atoms with Gasteiger partial charge in [-0.1, -0.05) is 35.0 Å². The van der Waals surface area contributed by atoms with E-state index in [2.05, 4.69) is 10.1 Å². The summed E-state index contributed by atoms with van der Waals surface area (Å²) in [6.45, 7) is 4.02. The number of nitrogens with zero attached hydrogens (tertiary/aromatic N) is 2. The van der Waals surface area contributed by atoms with Crippen LogP contribution in [0.5, 0.6) is 0 Å². The number of carbonyl (C=O) groups excluding carboxylic acids is 1. The first-order valence-corrected chi connectivity index (χ1v) is 8.03. The monoisotopic (exact) mass is 352 g/mol. The normalized spacial score (nSPS) is 11.2. The molecular formula is C19H13ClN2O3. The van der Waals surface area contributed by atoms with Crippen molar-refractivity contribution >= 4 is 28.9 Å². The van der Waals surface area contributed by atoms with E-state index in [1.807, 2.05) is 32.0 Å². The van der Waals surface area contributed by atoms with Gasteiger partial charge in [0.2, 0.25) is 5.82 Å². The van der Waals surface area contributed by atoms with Crippen LogP contribution < -0.4 is 0 Å². The van der Waals surface area contributed by atoms with Crippen molar-refractivity contribution in [3.63, 3.8) is 0 Å². The average molecular weight is 353 g/mol. The van der Waals surface area contributed by atoms with Crippen LogP contribution in [0.2, 0.25) is 5.02 Å². The highest BCUT2D eigenvalue weighted by molar-refractivity contribution is 6.33. The lowest BCUT2D eigenvalue weighted by Crippen LogP contribution is -1.84. The summed E-state index contributed by atoms with van der Waals surface area (Å²) < 4.78 is 11.2. The molecule has 25 heavy (non-hydrogen) atoms. The van der Waals surface area contributed by atoms with Gasteiger partial charge in [0.25, 0.3) is 5.89 Å². The summed E-state index contributed by atoms with van der Waals surface area (Å²) in [6.07, 6.45) is 0.730. The molecular weight excluding hydrogens is 340 g/mol.